The minimum atomic E-state index is -0.663. The van der Waals surface area contributed by atoms with Crippen LogP contribution < -0.4 is 10.6 Å². The summed E-state index contributed by atoms with van der Waals surface area (Å²) in [5.74, 6) is -0.243. The van der Waals surface area contributed by atoms with Crippen molar-refractivity contribution in [1.82, 2.24) is 20.4 Å². The first-order valence-electron chi connectivity index (χ1n) is 9.98. The molecular weight excluding hydrogens is 359 g/mol. The van der Waals surface area contributed by atoms with Gasteiger partial charge in [0.05, 0.1) is 0 Å². The van der Waals surface area contributed by atoms with Crippen LogP contribution in [-0.4, -0.2) is 48.5 Å². The van der Waals surface area contributed by atoms with E-state index < -0.39 is 5.54 Å². The van der Waals surface area contributed by atoms with E-state index in [0.717, 1.165) is 31.5 Å². The summed E-state index contributed by atoms with van der Waals surface area (Å²) >= 11 is 0. The molecule has 0 bridgehead atoms. The molecule has 2 N–H and O–H groups in total. The molecule has 28 heavy (non-hydrogen) atoms. The topological polar surface area (TPSA) is 68.2 Å². The van der Waals surface area contributed by atoms with Gasteiger partial charge in [-0.15, -0.1) is 0 Å². The van der Waals surface area contributed by atoms with Crippen LogP contribution in [0, 0.1) is 5.82 Å². The number of aromatic nitrogens is 2. The van der Waals surface area contributed by atoms with Gasteiger partial charge < -0.3 is 15.4 Å². The van der Waals surface area contributed by atoms with Crippen molar-refractivity contribution in [1.29, 1.82) is 0 Å². The second kappa shape index (κ2) is 8.01. The molecule has 0 aliphatic carbocycles. The van der Waals surface area contributed by atoms with Crippen molar-refractivity contribution in [2.24, 2.45) is 0 Å². The maximum absolute atomic E-state index is 13.4. The predicted molar refractivity (Wildman–Crippen MR) is 103 cm³/mol. The standard InChI is InChI=1S/C21H27FN4O2/c22-18-4-2-17(3-5-18)20(8-14-28-15-9-20)16-24-19(27)21(6-11-23-12-7-21)26-13-1-10-25-26/h1-5,10,13,23H,6-9,11-12,14-16H2,(H,24,27). The number of piperidine rings is 1. The van der Waals surface area contributed by atoms with Crippen molar-refractivity contribution in [2.45, 2.75) is 36.6 Å². The Morgan fingerprint density at radius 1 is 1.18 bits per heavy atom. The number of hydrogen-bond donors (Lipinski definition) is 2. The Labute approximate surface area is 164 Å². The Balaban J connectivity index is 1.56. The summed E-state index contributed by atoms with van der Waals surface area (Å²) in [6, 6.07) is 8.51. The van der Waals surface area contributed by atoms with Crippen LogP contribution in [-0.2, 0) is 20.5 Å². The van der Waals surface area contributed by atoms with Gasteiger partial charge in [0.25, 0.3) is 0 Å². The first-order valence-corrected chi connectivity index (χ1v) is 9.98. The molecule has 1 amide bonds. The molecule has 2 fully saturated rings. The maximum Gasteiger partial charge on any atom is 0.248 e. The molecule has 7 heteroatoms. The van der Waals surface area contributed by atoms with Crippen LogP contribution >= 0.6 is 0 Å². The van der Waals surface area contributed by atoms with Crippen LogP contribution in [0.1, 0.15) is 31.2 Å². The summed E-state index contributed by atoms with van der Waals surface area (Å²) in [4.78, 5) is 13.4. The summed E-state index contributed by atoms with van der Waals surface area (Å²) in [6.45, 7) is 3.36. The highest BCUT2D eigenvalue weighted by atomic mass is 19.1. The smallest absolute Gasteiger partial charge is 0.248 e. The van der Waals surface area contributed by atoms with Gasteiger partial charge in [0.1, 0.15) is 11.4 Å². The monoisotopic (exact) mass is 386 g/mol. The van der Waals surface area contributed by atoms with Crippen LogP contribution in [0.25, 0.3) is 0 Å². The van der Waals surface area contributed by atoms with Gasteiger partial charge in [-0.05, 0) is 62.5 Å². The summed E-state index contributed by atoms with van der Waals surface area (Å²) < 4.78 is 20.8. The molecule has 4 rings (SSSR count). The lowest BCUT2D eigenvalue weighted by Crippen LogP contribution is -2.56. The zero-order valence-electron chi connectivity index (χ0n) is 16.0. The fourth-order valence-electron chi connectivity index (χ4n) is 4.47. The highest BCUT2D eigenvalue weighted by molar-refractivity contribution is 5.84. The molecule has 2 saturated heterocycles. The van der Waals surface area contributed by atoms with E-state index in [9.17, 15) is 9.18 Å². The minimum Gasteiger partial charge on any atom is -0.381 e. The summed E-state index contributed by atoms with van der Waals surface area (Å²) in [7, 11) is 0. The Morgan fingerprint density at radius 2 is 1.89 bits per heavy atom. The molecule has 2 aliphatic rings. The Bertz CT molecular complexity index is 779. The Morgan fingerprint density at radius 3 is 2.54 bits per heavy atom. The first-order chi connectivity index (χ1) is 13.6. The summed E-state index contributed by atoms with van der Waals surface area (Å²) in [6.07, 6.45) is 6.59. The van der Waals surface area contributed by atoms with Crippen LogP contribution in [0.3, 0.4) is 0 Å². The molecule has 150 valence electrons. The molecule has 0 atom stereocenters. The molecule has 3 heterocycles. The molecule has 0 radical (unpaired) electrons. The second-order valence-corrected chi connectivity index (χ2v) is 7.81. The number of halogens is 1. The van der Waals surface area contributed by atoms with E-state index in [-0.39, 0.29) is 17.1 Å². The highest BCUT2D eigenvalue weighted by Gasteiger charge is 2.43. The number of nitrogens with one attached hydrogen (secondary N) is 2. The average molecular weight is 386 g/mol. The quantitative estimate of drug-likeness (QED) is 0.824. The second-order valence-electron chi connectivity index (χ2n) is 7.81. The Kier molecular flexibility index (Phi) is 5.46. The van der Waals surface area contributed by atoms with Crippen LogP contribution in [0.5, 0.6) is 0 Å². The third kappa shape index (κ3) is 3.56. The molecule has 0 saturated carbocycles. The number of ether oxygens (including phenoxy) is 1. The van der Waals surface area contributed by atoms with Crippen molar-refractivity contribution in [3.05, 3.63) is 54.1 Å². The molecule has 1 aromatic carbocycles. The van der Waals surface area contributed by atoms with Crippen LogP contribution in [0.15, 0.2) is 42.7 Å². The Hall–Kier alpha value is -2.25. The van der Waals surface area contributed by atoms with Crippen LogP contribution in [0.2, 0.25) is 0 Å². The highest BCUT2D eigenvalue weighted by Crippen LogP contribution is 2.35. The van der Waals surface area contributed by atoms with Crippen molar-refractivity contribution >= 4 is 5.91 Å². The summed E-state index contributed by atoms with van der Waals surface area (Å²) in [5.41, 5.74) is 0.153. The van der Waals surface area contributed by atoms with Gasteiger partial charge in [0.2, 0.25) is 5.91 Å². The first kappa shape index (κ1) is 19.1. The zero-order chi connectivity index (χ0) is 19.5. The summed E-state index contributed by atoms with van der Waals surface area (Å²) in [5, 5.41) is 10.9. The van der Waals surface area contributed by atoms with Gasteiger partial charge in [-0.1, -0.05) is 12.1 Å². The van der Waals surface area contributed by atoms with E-state index in [4.69, 9.17) is 4.74 Å². The number of rotatable bonds is 5. The SMILES string of the molecule is O=C(NCC1(c2ccc(F)cc2)CCOCC1)C1(n2cccn2)CCNCC1. The van der Waals surface area contributed by atoms with Gasteiger partial charge in [0, 0.05) is 37.6 Å². The van der Waals surface area contributed by atoms with Gasteiger partial charge >= 0.3 is 0 Å². The lowest BCUT2D eigenvalue weighted by molar-refractivity contribution is -0.132. The van der Waals surface area contributed by atoms with Crippen molar-refractivity contribution in [3.63, 3.8) is 0 Å². The van der Waals surface area contributed by atoms with E-state index in [2.05, 4.69) is 15.7 Å². The molecule has 0 unspecified atom stereocenters. The van der Waals surface area contributed by atoms with Crippen molar-refractivity contribution in [2.75, 3.05) is 32.8 Å². The largest absolute Gasteiger partial charge is 0.381 e. The van der Waals surface area contributed by atoms with Gasteiger partial charge in [-0.3, -0.25) is 9.48 Å². The number of amides is 1. The number of hydrogen-bond acceptors (Lipinski definition) is 4. The zero-order valence-corrected chi connectivity index (χ0v) is 16.0. The molecule has 1 aromatic heterocycles. The normalized spacial score (nSPS) is 21.2. The van der Waals surface area contributed by atoms with Gasteiger partial charge in [-0.2, -0.15) is 5.10 Å². The molecule has 6 nitrogen and oxygen atoms in total. The third-order valence-corrected chi connectivity index (χ3v) is 6.29. The average Bonchev–Trinajstić information content (AvgIpc) is 3.29. The van der Waals surface area contributed by atoms with E-state index in [1.165, 1.54) is 12.1 Å². The predicted octanol–water partition coefficient (Wildman–Crippen LogP) is 1.97. The molecule has 2 aliphatic heterocycles. The number of carbonyl (C=O) groups is 1. The molecule has 0 spiro atoms. The van der Waals surface area contributed by atoms with Crippen molar-refractivity contribution < 1.29 is 13.9 Å². The lowest BCUT2D eigenvalue weighted by atomic mass is 9.74. The lowest BCUT2D eigenvalue weighted by Gasteiger charge is -2.41. The fourth-order valence-corrected chi connectivity index (χ4v) is 4.47. The number of carbonyl (C=O) groups excluding carboxylic acids is 1. The minimum absolute atomic E-state index is 0.00526. The van der Waals surface area contributed by atoms with Crippen LogP contribution in [0.4, 0.5) is 4.39 Å². The fraction of sp³-hybridized carbons (Fsp3) is 0.524. The van der Waals surface area contributed by atoms with Gasteiger partial charge in [-0.25, -0.2) is 4.39 Å². The number of benzene rings is 1. The molecular formula is C21H27FN4O2. The maximum atomic E-state index is 13.4. The van der Waals surface area contributed by atoms with Crippen molar-refractivity contribution in [3.8, 4) is 0 Å². The van der Waals surface area contributed by atoms with E-state index in [1.54, 1.807) is 10.9 Å². The van der Waals surface area contributed by atoms with E-state index >= 15 is 0 Å². The van der Waals surface area contributed by atoms with E-state index in [0.29, 0.717) is 32.6 Å². The molecule has 2 aromatic rings. The third-order valence-electron chi connectivity index (χ3n) is 6.29. The number of nitrogens with zero attached hydrogens (tertiary/aromatic N) is 2. The van der Waals surface area contributed by atoms with Gasteiger partial charge in [0.15, 0.2) is 0 Å². The van der Waals surface area contributed by atoms with E-state index in [1.807, 2.05) is 24.4 Å².